The molecule has 1 atom stereocenters. The van der Waals surface area contributed by atoms with E-state index in [1.54, 1.807) is 12.1 Å². The number of nitrogens with one attached hydrogen (secondary N) is 1. The van der Waals surface area contributed by atoms with Crippen LogP contribution in [0.2, 0.25) is 0 Å². The Morgan fingerprint density at radius 3 is 2.92 bits per heavy atom. The number of rotatable bonds is 9. The fraction of sp³-hybridized carbons (Fsp3) is 0.611. The normalized spacial score (nSPS) is 18.8. The van der Waals surface area contributed by atoms with Crippen LogP contribution >= 0.6 is 0 Å². The minimum atomic E-state index is -0.249. The standard InChI is InChI=1S/C18H29FN4O/c1-2-23-12-5-6-16(23)14-22-18(20)21-11-3-4-13-24-17-9-7-15(19)8-10-17/h7-10,16H,2-6,11-14H2,1H3,(H3,20,21,22). The van der Waals surface area contributed by atoms with Crippen molar-refractivity contribution in [2.75, 3.05) is 32.8 Å². The van der Waals surface area contributed by atoms with Crippen LogP contribution < -0.4 is 15.8 Å². The summed E-state index contributed by atoms with van der Waals surface area (Å²) in [4.78, 5) is 6.91. The zero-order chi connectivity index (χ0) is 17.2. The number of hydrogen-bond acceptors (Lipinski definition) is 3. The molecule has 2 rings (SSSR count). The summed E-state index contributed by atoms with van der Waals surface area (Å²) in [5.41, 5.74) is 5.91. The van der Waals surface area contributed by atoms with Gasteiger partial charge in [-0.25, -0.2) is 4.39 Å². The smallest absolute Gasteiger partial charge is 0.188 e. The molecule has 134 valence electrons. The maximum Gasteiger partial charge on any atom is 0.188 e. The first-order chi connectivity index (χ1) is 11.7. The highest BCUT2D eigenvalue weighted by Gasteiger charge is 2.22. The Kier molecular flexibility index (Phi) is 7.82. The molecule has 0 amide bonds. The number of hydrogen-bond donors (Lipinski definition) is 2. The molecular formula is C18H29FN4O. The predicted octanol–water partition coefficient (Wildman–Crippen LogP) is 2.37. The Hall–Kier alpha value is -1.82. The minimum absolute atomic E-state index is 0.249. The highest BCUT2D eigenvalue weighted by atomic mass is 19.1. The summed E-state index contributed by atoms with van der Waals surface area (Å²) in [7, 11) is 0. The van der Waals surface area contributed by atoms with Crippen molar-refractivity contribution < 1.29 is 9.13 Å². The Labute approximate surface area is 144 Å². The van der Waals surface area contributed by atoms with Gasteiger partial charge in [-0.15, -0.1) is 0 Å². The molecule has 1 aromatic rings. The van der Waals surface area contributed by atoms with Gasteiger partial charge in [0.1, 0.15) is 11.6 Å². The average Bonchev–Trinajstić information content (AvgIpc) is 3.05. The molecular weight excluding hydrogens is 307 g/mol. The van der Waals surface area contributed by atoms with Crippen LogP contribution in [-0.2, 0) is 0 Å². The maximum atomic E-state index is 12.8. The van der Waals surface area contributed by atoms with Gasteiger partial charge in [0.2, 0.25) is 0 Å². The lowest BCUT2D eigenvalue weighted by Crippen LogP contribution is -2.36. The highest BCUT2D eigenvalue weighted by Crippen LogP contribution is 2.16. The summed E-state index contributed by atoms with van der Waals surface area (Å²) in [6.07, 6.45) is 4.33. The van der Waals surface area contributed by atoms with Gasteiger partial charge in [-0.1, -0.05) is 6.92 Å². The predicted molar refractivity (Wildman–Crippen MR) is 95.9 cm³/mol. The molecule has 24 heavy (non-hydrogen) atoms. The lowest BCUT2D eigenvalue weighted by Gasteiger charge is -2.20. The van der Waals surface area contributed by atoms with Crippen molar-refractivity contribution >= 4 is 5.96 Å². The fourth-order valence-electron chi connectivity index (χ4n) is 2.94. The first kappa shape index (κ1) is 18.5. The first-order valence-corrected chi connectivity index (χ1v) is 8.85. The van der Waals surface area contributed by atoms with Crippen LogP contribution in [0.1, 0.15) is 32.6 Å². The third-order valence-corrected chi connectivity index (χ3v) is 4.34. The van der Waals surface area contributed by atoms with E-state index in [0.717, 1.165) is 32.5 Å². The van der Waals surface area contributed by atoms with E-state index in [4.69, 9.17) is 10.5 Å². The monoisotopic (exact) mass is 336 g/mol. The van der Waals surface area contributed by atoms with E-state index in [9.17, 15) is 4.39 Å². The second kappa shape index (κ2) is 10.1. The molecule has 0 radical (unpaired) electrons. The first-order valence-electron chi connectivity index (χ1n) is 8.85. The summed E-state index contributed by atoms with van der Waals surface area (Å²) in [6, 6.07) is 6.62. The molecule has 1 aliphatic rings. The number of guanidine groups is 1. The lowest BCUT2D eigenvalue weighted by atomic mass is 10.2. The van der Waals surface area contributed by atoms with Gasteiger partial charge in [0.05, 0.1) is 13.2 Å². The molecule has 1 fully saturated rings. The van der Waals surface area contributed by atoms with E-state index in [1.165, 1.54) is 31.5 Å². The molecule has 1 aliphatic heterocycles. The molecule has 5 nitrogen and oxygen atoms in total. The number of halogens is 1. The van der Waals surface area contributed by atoms with E-state index in [1.807, 2.05) is 0 Å². The number of likely N-dealkylation sites (tertiary alicyclic amines) is 1. The van der Waals surface area contributed by atoms with Crippen LogP contribution in [0.3, 0.4) is 0 Å². The van der Waals surface area contributed by atoms with Crippen molar-refractivity contribution in [2.24, 2.45) is 10.7 Å². The number of likely N-dealkylation sites (N-methyl/N-ethyl adjacent to an activating group) is 1. The van der Waals surface area contributed by atoms with Crippen LogP contribution in [-0.4, -0.2) is 49.7 Å². The van der Waals surface area contributed by atoms with E-state index < -0.39 is 0 Å². The van der Waals surface area contributed by atoms with E-state index in [-0.39, 0.29) is 5.82 Å². The summed E-state index contributed by atoms with van der Waals surface area (Å²) < 4.78 is 18.3. The number of aliphatic imine (C=N–C) groups is 1. The van der Waals surface area contributed by atoms with Crippen molar-refractivity contribution in [1.29, 1.82) is 0 Å². The topological polar surface area (TPSA) is 62.9 Å². The summed E-state index contributed by atoms with van der Waals surface area (Å²) >= 11 is 0. The Bertz CT molecular complexity index is 506. The molecule has 0 aromatic heterocycles. The van der Waals surface area contributed by atoms with Crippen LogP contribution in [0, 0.1) is 5.82 Å². The van der Waals surface area contributed by atoms with Crippen LogP contribution in [0.25, 0.3) is 0 Å². The summed E-state index contributed by atoms with van der Waals surface area (Å²) in [6.45, 7) is 6.62. The molecule has 0 bridgehead atoms. The van der Waals surface area contributed by atoms with Gasteiger partial charge < -0.3 is 15.8 Å². The van der Waals surface area contributed by atoms with Gasteiger partial charge in [0.25, 0.3) is 0 Å². The molecule has 1 saturated heterocycles. The minimum Gasteiger partial charge on any atom is -0.494 e. The molecule has 0 aliphatic carbocycles. The van der Waals surface area contributed by atoms with Crippen molar-refractivity contribution in [3.05, 3.63) is 30.1 Å². The van der Waals surface area contributed by atoms with Crippen molar-refractivity contribution in [2.45, 2.75) is 38.6 Å². The second-order valence-electron chi connectivity index (χ2n) is 6.09. The average molecular weight is 336 g/mol. The van der Waals surface area contributed by atoms with E-state index in [0.29, 0.717) is 24.4 Å². The molecule has 3 N–H and O–H groups in total. The highest BCUT2D eigenvalue weighted by molar-refractivity contribution is 5.77. The lowest BCUT2D eigenvalue weighted by molar-refractivity contribution is 0.273. The maximum absolute atomic E-state index is 12.8. The summed E-state index contributed by atoms with van der Waals surface area (Å²) in [5.74, 6) is 0.973. The van der Waals surface area contributed by atoms with Gasteiger partial charge in [0, 0.05) is 12.6 Å². The van der Waals surface area contributed by atoms with Crippen LogP contribution in [0.4, 0.5) is 4.39 Å². The van der Waals surface area contributed by atoms with E-state index >= 15 is 0 Å². The third-order valence-electron chi connectivity index (χ3n) is 4.34. The van der Waals surface area contributed by atoms with Gasteiger partial charge in [-0.2, -0.15) is 0 Å². The largest absolute Gasteiger partial charge is 0.494 e. The third kappa shape index (κ3) is 6.35. The molecule has 1 aromatic carbocycles. The van der Waals surface area contributed by atoms with E-state index in [2.05, 4.69) is 22.1 Å². The number of nitrogens with two attached hydrogens (primary N) is 1. The zero-order valence-electron chi connectivity index (χ0n) is 14.5. The zero-order valence-corrected chi connectivity index (χ0v) is 14.5. The van der Waals surface area contributed by atoms with Gasteiger partial charge in [0.15, 0.2) is 5.96 Å². The quantitative estimate of drug-likeness (QED) is 0.413. The van der Waals surface area contributed by atoms with Crippen molar-refractivity contribution in [3.8, 4) is 5.75 Å². The molecule has 6 heteroatoms. The van der Waals surface area contributed by atoms with Gasteiger partial charge >= 0.3 is 0 Å². The molecule has 1 heterocycles. The summed E-state index contributed by atoms with van der Waals surface area (Å²) in [5, 5.41) is 3.15. The molecule has 1 unspecified atom stereocenters. The SMILES string of the molecule is CCN1CCCC1CN=C(N)NCCCCOc1ccc(F)cc1. The van der Waals surface area contributed by atoms with Crippen molar-refractivity contribution in [3.63, 3.8) is 0 Å². The second-order valence-corrected chi connectivity index (χ2v) is 6.09. The number of ether oxygens (including phenoxy) is 1. The number of nitrogens with zero attached hydrogens (tertiary/aromatic N) is 2. The molecule has 0 saturated carbocycles. The fourth-order valence-corrected chi connectivity index (χ4v) is 2.94. The van der Waals surface area contributed by atoms with Crippen LogP contribution in [0.15, 0.2) is 29.3 Å². The Balaban J connectivity index is 1.53. The van der Waals surface area contributed by atoms with Crippen molar-refractivity contribution in [1.82, 2.24) is 10.2 Å². The Morgan fingerprint density at radius 1 is 1.38 bits per heavy atom. The van der Waals surface area contributed by atoms with Gasteiger partial charge in [-0.05, 0) is 63.0 Å². The number of benzene rings is 1. The Morgan fingerprint density at radius 2 is 2.17 bits per heavy atom. The van der Waals surface area contributed by atoms with Gasteiger partial charge in [-0.3, -0.25) is 9.89 Å². The van der Waals surface area contributed by atoms with Crippen LogP contribution in [0.5, 0.6) is 5.75 Å². The number of unbranched alkanes of at least 4 members (excludes halogenated alkanes) is 1. The molecule has 0 spiro atoms.